The third-order valence-corrected chi connectivity index (χ3v) is 9.64. The van der Waals surface area contributed by atoms with E-state index in [-0.39, 0.29) is 28.4 Å². The molecule has 33 heavy (non-hydrogen) atoms. The van der Waals surface area contributed by atoms with Gasteiger partial charge in [0.2, 0.25) is 10.0 Å². The van der Waals surface area contributed by atoms with Crippen LogP contribution in [0.25, 0.3) is 0 Å². The molecular weight excluding hydrogens is 462 g/mol. The van der Waals surface area contributed by atoms with E-state index in [2.05, 4.69) is 9.62 Å². The Morgan fingerprint density at radius 2 is 1.73 bits per heavy atom. The van der Waals surface area contributed by atoms with E-state index in [1.165, 1.54) is 12.1 Å². The second-order valence-electron chi connectivity index (χ2n) is 8.67. The predicted octanol–water partition coefficient (Wildman–Crippen LogP) is 1.67. The van der Waals surface area contributed by atoms with Crippen LogP contribution in [0.15, 0.2) is 59.5 Å². The molecule has 2 aromatic carbocycles. The minimum Gasteiger partial charge on any atom is -0.336 e. The summed E-state index contributed by atoms with van der Waals surface area (Å²) in [6.45, 7) is 3.96. The van der Waals surface area contributed by atoms with Crippen LogP contribution in [0.4, 0.5) is 0 Å². The van der Waals surface area contributed by atoms with Crippen molar-refractivity contribution in [3.63, 3.8) is 0 Å². The molecule has 178 valence electrons. The first-order chi connectivity index (χ1) is 15.6. The molecule has 1 N–H and O–H groups in total. The van der Waals surface area contributed by atoms with Gasteiger partial charge in [-0.1, -0.05) is 36.4 Å². The molecule has 2 heterocycles. The van der Waals surface area contributed by atoms with Crippen LogP contribution in [0.5, 0.6) is 0 Å². The average Bonchev–Trinajstić information content (AvgIpc) is 3.18. The maximum absolute atomic E-state index is 13.0. The molecule has 2 fully saturated rings. The van der Waals surface area contributed by atoms with E-state index in [9.17, 15) is 21.6 Å². The highest BCUT2D eigenvalue weighted by Crippen LogP contribution is 2.21. The van der Waals surface area contributed by atoms with Crippen molar-refractivity contribution < 1.29 is 21.6 Å². The van der Waals surface area contributed by atoms with Gasteiger partial charge in [-0.2, -0.15) is 0 Å². The lowest BCUT2D eigenvalue weighted by atomic mass is 10.1. The summed E-state index contributed by atoms with van der Waals surface area (Å²) in [5.41, 5.74) is 1.17. The summed E-state index contributed by atoms with van der Waals surface area (Å²) in [6, 6.07) is 15.0. The number of benzene rings is 2. The molecule has 10 heteroatoms. The van der Waals surface area contributed by atoms with Crippen LogP contribution in [0.2, 0.25) is 0 Å². The topological polar surface area (TPSA) is 104 Å². The Bertz CT molecular complexity index is 1210. The first-order valence-electron chi connectivity index (χ1n) is 11.1. The molecule has 0 aliphatic carbocycles. The largest absolute Gasteiger partial charge is 0.336 e. The molecule has 0 saturated carbocycles. The Hall–Kier alpha value is -2.27. The minimum atomic E-state index is -3.81. The number of hydrogen-bond acceptors (Lipinski definition) is 6. The van der Waals surface area contributed by atoms with Gasteiger partial charge in [0, 0.05) is 43.8 Å². The smallest absolute Gasteiger partial charge is 0.253 e. The van der Waals surface area contributed by atoms with Crippen LogP contribution >= 0.6 is 0 Å². The van der Waals surface area contributed by atoms with Crippen molar-refractivity contribution in [2.75, 3.05) is 37.7 Å². The number of nitrogens with one attached hydrogen (secondary N) is 1. The summed E-state index contributed by atoms with van der Waals surface area (Å²) in [4.78, 5) is 16.9. The lowest BCUT2D eigenvalue weighted by Crippen LogP contribution is -2.52. The average molecular weight is 492 g/mol. The first-order valence-corrected chi connectivity index (χ1v) is 14.4. The van der Waals surface area contributed by atoms with E-state index in [0.717, 1.165) is 5.56 Å². The van der Waals surface area contributed by atoms with E-state index < -0.39 is 25.9 Å². The molecule has 4 rings (SSSR count). The van der Waals surface area contributed by atoms with E-state index >= 15 is 0 Å². The van der Waals surface area contributed by atoms with Crippen molar-refractivity contribution in [1.82, 2.24) is 14.5 Å². The van der Waals surface area contributed by atoms with E-state index in [4.69, 9.17) is 0 Å². The van der Waals surface area contributed by atoms with Crippen LogP contribution in [0.1, 0.15) is 35.3 Å². The fourth-order valence-corrected chi connectivity index (χ4v) is 7.48. The highest BCUT2D eigenvalue weighted by atomic mass is 32.2. The van der Waals surface area contributed by atoms with Crippen LogP contribution in [-0.2, 0) is 19.9 Å². The van der Waals surface area contributed by atoms with E-state index in [1.54, 1.807) is 24.0 Å². The van der Waals surface area contributed by atoms with Crippen molar-refractivity contribution in [2.45, 2.75) is 30.3 Å². The summed E-state index contributed by atoms with van der Waals surface area (Å²) in [5.74, 6) is 0.200. The van der Waals surface area contributed by atoms with Crippen LogP contribution in [-0.4, -0.2) is 76.3 Å². The third-order valence-electron chi connectivity index (χ3n) is 6.35. The number of carbonyl (C=O) groups excluding carboxylic acids is 1. The lowest BCUT2D eigenvalue weighted by Gasteiger charge is -2.37. The van der Waals surface area contributed by atoms with E-state index in [1.807, 2.05) is 30.3 Å². The fraction of sp³-hybridized carbons (Fsp3) is 0.435. The molecule has 0 aromatic heterocycles. The zero-order valence-corrected chi connectivity index (χ0v) is 20.2. The number of sulfonamides is 1. The van der Waals surface area contributed by atoms with Gasteiger partial charge in [-0.15, -0.1) is 0 Å². The maximum Gasteiger partial charge on any atom is 0.253 e. The number of carbonyl (C=O) groups is 1. The summed E-state index contributed by atoms with van der Waals surface area (Å²) >= 11 is 0. The zero-order valence-electron chi connectivity index (χ0n) is 18.6. The lowest BCUT2D eigenvalue weighted by molar-refractivity contribution is 0.0587. The zero-order chi connectivity index (χ0) is 23.6. The fourth-order valence-electron chi connectivity index (χ4n) is 4.44. The van der Waals surface area contributed by atoms with Gasteiger partial charge in [0.25, 0.3) is 5.91 Å². The molecule has 2 aromatic rings. The molecule has 0 radical (unpaired) electrons. The van der Waals surface area contributed by atoms with Gasteiger partial charge >= 0.3 is 0 Å². The van der Waals surface area contributed by atoms with E-state index in [0.29, 0.717) is 38.2 Å². The molecule has 0 bridgehead atoms. The highest BCUT2D eigenvalue weighted by molar-refractivity contribution is 7.91. The molecule has 2 saturated heterocycles. The molecule has 2 aliphatic rings. The number of amides is 1. The Kier molecular flexibility index (Phi) is 6.90. The maximum atomic E-state index is 13.0. The van der Waals surface area contributed by atoms with Gasteiger partial charge in [-0.05, 0) is 37.1 Å². The highest BCUT2D eigenvalue weighted by Gasteiger charge is 2.34. The van der Waals surface area contributed by atoms with Crippen molar-refractivity contribution >= 4 is 25.8 Å². The summed E-state index contributed by atoms with van der Waals surface area (Å²) in [7, 11) is -6.76. The van der Waals surface area contributed by atoms with Crippen molar-refractivity contribution in [1.29, 1.82) is 0 Å². The van der Waals surface area contributed by atoms with Gasteiger partial charge in [-0.25, -0.2) is 21.6 Å². The quantitative estimate of drug-likeness (QED) is 0.659. The van der Waals surface area contributed by atoms with Crippen LogP contribution < -0.4 is 4.72 Å². The first kappa shape index (κ1) is 23.9. The Morgan fingerprint density at radius 3 is 2.36 bits per heavy atom. The number of rotatable bonds is 6. The third kappa shape index (κ3) is 5.63. The number of sulfone groups is 1. The van der Waals surface area contributed by atoms with Crippen molar-refractivity contribution in [3.05, 3.63) is 65.7 Å². The number of nitrogens with zero attached hydrogens (tertiary/aromatic N) is 2. The molecule has 0 unspecified atom stereocenters. The Labute approximate surface area is 195 Å². The second-order valence-corrected chi connectivity index (χ2v) is 12.6. The summed E-state index contributed by atoms with van der Waals surface area (Å²) in [5, 5.41) is 0. The predicted molar refractivity (Wildman–Crippen MR) is 126 cm³/mol. The summed E-state index contributed by atoms with van der Waals surface area (Å²) < 4.78 is 52.0. The molecule has 2 atom stereocenters. The molecule has 0 spiro atoms. The van der Waals surface area contributed by atoms with Crippen LogP contribution in [0.3, 0.4) is 0 Å². The minimum absolute atomic E-state index is 0.0263. The molecular formula is C23H29N3O5S2. The van der Waals surface area contributed by atoms with Crippen molar-refractivity contribution in [3.8, 4) is 0 Å². The SMILES string of the molecule is C[C@@H](NS(=O)(=O)c1cccc(C(=O)N2CCN([C@H]3CCS(=O)(=O)C3)CC2)c1)c1ccccc1. The molecule has 8 nitrogen and oxygen atoms in total. The van der Waals surface area contributed by atoms with Gasteiger partial charge < -0.3 is 4.90 Å². The van der Waals surface area contributed by atoms with Gasteiger partial charge in [-0.3, -0.25) is 9.69 Å². The monoisotopic (exact) mass is 491 g/mol. The molecule has 2 aliphatic heterocycles. The number of piperazine rings is 1. The second kappa shape index (κ2) is 9.54. The summed E-state index contributed by atoms with van der Waals surface area (Å²) in [6.07, 6.45) is 0.643. The Morgan fingerprint density at radius 1 is 1.03 bits per heavy atom. The standard InChI is InChI=1S/C23H29N3O5S2/c1-18(19-6-3-2-4-7-19)24-33(30,31)22-9-5-8-20(16-22)23(27)26-13-11-25(12-14-26)21-10-15-32(28,29)17-21/h2-9,16,18,21,24H,10-15,17H2,1H3/t18-,21+/m1/s1. The van der Waals surface area contributed by atoms with Gasteiger partial charge in [0.1, 0.15) is 0 Å². The Balaban J connectivity index is 1.41. The van der Waals surface area contributed by atoms with Crippen molar-refractivity contribution in [2.24, 2.45) is 0 Å². The normalized spacial score (nSPS) is 22.2. The van der Waals surface area contributed by atoms with Gasteiger partial charge in [0.05, 0.1) is 16.4 Å². The number of hydrogen-bond donors (Lipinski definition) is 1. The van der Waals surface area contributed by atoms with Crippen LogP contribution in [0, 0.1) is 0 Å². The van der Waals surface area contributed by atoms with Gasteiger partial charge in [0.15, 0.2) is 9.84 Å². The molecule has 1 amide bonds.